The summed E-state index contributed by atoms with van der Waals surface area (Å²) >= 11 is 0. The lowest BCUT2D eigenvalue weighted by molar-refractivity contribution is 0.0759. The van der Waals surface area contributed by atoms with Gasteiger partial charge in [-0.05, 0) is 49.3 Å². The summed E-state index contributed by atoms with van der Waals surface area (Å²) in [6, 6.07) is 6.45. The predicted octanol–water partition coefficient (Wildman–Crippen LogP) is 3.90. The van der Waals surface area contributed by atoms with Gasteiger partial charge in [0.25, 0.3) is 0 Å². The van der Waals surface area contributed by atoms with Crippen molar-refractivity contribution in [2.75, 3.05) is 13.2 Å². The molecule has 19 heavy (non-hydrogen) atoms. The quantitative estimate of drug-likeness (QED) is 0.872. The number of ether oxygens (including phenoxy) is 1. The van der Waals surface area contributed by atoms with E-state index in [1.807, 2.05) is 0 Å². The molecule has 0 heterocycles. The number of hydrogen-bond donors (Lipinski definition) is 1. The molecular weight excluding hydrogens is 234 g/mol. The summed E-state index contributed by atoms with van der Waals surface area (Å²) in [5, 5.41) is 0. The lowest BCUT2D eigenvalue weighted by atomic mass is 9.90. The Bertz CT molecular complexity index is 396. The van der Waals surface area contributed by atoms with Gasteiger partial charge in [0.2, 0.25) is 0 Å². The molecule has 2 rings (SSSR count). The zero-order valence-electron chi connectivity index (χ0n) is 12.3. The predicted molar refractivity (Wildman–Crippen MR) is 80.2 cm³/mol. The highest BCUT2D eigenvalue weighted by Crippen LogP contribution is 2.24. The fourth-order valence-corrected chi connectivity index (χ4v) is 2.81. The number of rotatable bonds is 5. The Morgan fingerprint density at radius 3 is 2.58 bits per heavy atom. The summed E-state index contributed by atoms with van der Waals surface area (Å²) in [6.45, 7) is 5.79. The number of aryl methyl sites for hydroxylation is 2. The first-order valence-electron chi connectivity index (χ1n) is 7.57. The van der Waals surface area contributed by atoms with E-state index >= 15 is 0 Å². The molecule has 0 radical (unpaired) electrons. The van der Waals surface area contributed by atoms with Crippen molar-refractivity contribution in [3.63, 3.8) is 0 Å². The minimum Gasteiger partial charge on any atom is -0.379 e. The molecule has 1 aromatic rings. The summed E-state index contributed by atoms with van der Waals surface area (Å²) in [4.78, 5) is 0. The smallest absolute Gasteiger partial charge is 0.0659 e. The van der Waals surface area contributed by atoms with Gasteiger partial charge in [-0.25, -0.2) is 0 Å². The second-order valence-corrected chi connectivity index (χ2v) is 5.99. The van der Waals surface area contributed by atoms with E-state index in [2.05, 4.69) is 32.0 Å². The van der Waals surface area contributed by atoms with Crippen LogP contribution < -0.4 is 5.73 Å². The zero-order valence-corrected chi connectivity index (χ0v) is 12.3. The van der Waals surface area contributed by atoms with Gasteiger partial charge in [0.15, 0.2) is 0 Å². The maximum absolute atomic E-state index is 6.20. The van der Waals surface area contributed by atoms with Crippen LogP contribution in [0.2, 0.25) is 0 Å². The molecule has 2 heteroatoms. The van der Waals surface area contributed by atoms with E-state index in [9.17, 15) is 0 Å². The van der Waals surface area contributed by atoms with Crippen LogP contribution >= 0.6 is 0 Å². The van der Waals surface area contributed by atoms with Crippen LogP contribution in [0.15, 0.2) is 18.2 Å². The van der Waals surface area contributed by atoms with Gasteiger partial charge in [-0.1, -0.05) is 37.5 Å². The Balaban J connectivity index is 1.76. The van der Waals surface area contributed by atoms with Crippen molar-refractivity contribution in [2.45, 2.75) is 52.0 Å². The zero-order chi connectivity index (χ0) is 13.7. The van der Waals surface area contributed by atoms with Gasteiger partial charge in [0.05, 0.1) is 12.6 Å². The highest BCUT2D eigenvalue weighted by atomic mass is 16.5. The van der Waals surface area contributed by atoms with E-state index < -0.39 is 0 Å². The minimum absolute atomic E-state index is 0.00268. The van der Waals surface area contributed by atoms with Crippen LogP contribution in [0.25, 0.3) is 0 Å². The van der Waals surface area contributed by atoms with E-state index in [0.717, 1.165) is 12.5 Å². The van der Waals surface area contributed by atoms with Gasteiger partial charge in [-0.3, -0.25) is 0 Å². The van der Waals surface area contributed by atoms with Crippen molar-refractivity contribution < 1.29 is 4.74 Å². The van der Waals surface area contributed by atoms with Crippen LogP contribution in [0.5, 0.6) is 0 Å². The van der Waals surface area contributed by atoms with E-state index in [-0.39, 0.29) is 6.04 Å². The summed E-state index contributed by atoms with van der Waals surface area (Å²) < 4.78 is 5.83. The Hall–Kier alpha value is -0.860. The first kappa shape index (κ1) is 14.5. The summed E-state index contributed by atoms with van der Waals surface area (Å²) in [5.41, 5.74) is 10.0. The van der Waals surface area contributed by atoms with Crippen LogP contribution in [0.1, 0.15) is 54.8 Å². The number of nitrogens with two attached hydrogens (primary N) is 1. The second kappa shape index (κ2) is 7.06. The molecule has 0 aromatic heterocycles. The van der Waals surface area contributed by atoms with Crippen molar-refractivity contribution in [3.8, 4) is 0 Å². The minimum atomic E-state index is 0.00268. The van der Waals surface area contributed by atoms with Crippen LogP contribution in [-0.2, 0) is 4.74 Å². The van der Waals surface area contributed by atoms with Crippen molar-refractivity contribution in [1.29, 1.82) is 0 Å². The average Bonchev–Trinajstić information content (AvgIpc) is 2.43. The Labute approximate surface area is 117 Å². The van der Waals surface area contributed by atoms with Gasteiger partial charge in [-0.2, -0.15) is 0 Å². The first-order chi connectivity index (χ1) is 9.16. The Morgan fingerprint density at radius 2 is 1.89 bits per heavy atom. The van der Waals surface area contributed by atoms with E-state index in [4.69, 9.17) is 10.5 Å². The van der Waals surface area contributed by atoms with Crippen LogP contribution in [0.4, 0.5) is 0 Å². The molecular formula is C17H27NO. The van der Waals surface area contributed by atoms with Crippen molar-refractivity contribution in [2.24, 2.45) is 11.7 Å². The maximum atomic E-state index is 6.20. The molecule has 1 saturated carbocycles. The molecule has 1 fully saturated rings. The lowest BCUT2D eigenvalue weighted by Gasteiger charge is -2.22. The van der Waals surface area contributed by atoms with Crippen LogP contribution in [-0.4, -0.2) is 13.2 Å². The third-order valence-corrected chi connectivity index (χ3v) is 4.33. The molecule has 1 aromatic carbocycles. The van der Waals surface area contributed by atoms with E-state index in [1.165, 1.54) is 48.8 Å². The normalized spacial score (nSPS) is 18.5. The molecule has 0 aliphatic heterocycles. The van der Waals surface area contributed by atoms with Crippen molar-refractivity contribution in [3.05, 3.63) is 34.9 Å². The highest BCUT2D eigenvalue weighted by molar-refractivity contribution is 5.31. The first-order valence-corrected chi connectivity index (χ1v) is 7.57. The SMILES string of the molecule is Cc1ccc(C(N)COCC2CCCCC2)cc1C. The molecule has 1 aliphatic rings. The lowest BCUT2D eigenvalue weighted by Crippen LogP contribution is -2.21. The fraction of sp³-hybridized carbons (Fsp3) is 0.647. The molecule has 0 spiro atoms. The number of benzene rings is 1. The van der Waals surface area contributed by atoms with Gasteiger partial charge in [-0.15, -0.1) is 0 Å². The summed E-state index contributed by atoms with van der Waals surface area (Å²) in [5.74, 6) is 0.765. The standard InChI is InChI=1S/C17H27NO/c1-13-8-9-16(10-14(13)2)17(18)12-19-11-15-6-4-3-5-7-15/h8-10,15,17H,3-7,11-12,18H2,1-2H3. The van der Waals surface area contributed by atoms with Gasteiger partial charge in [0, 0.05) is 6.61 Å². The molecule has 0 bridgehead atoms. The van der Waals surface area contributed by atoms with Crippen molar-refractivity contribution >= 4 is 0 Å². The highest BCUT2D eigenvalue weighted by Gasteiger charge is 2.14. The summed E-state index contributed by atoms with van der Waals surface area (Å²) in [7, 11) is 0. The topological polar surface area (TPSA) is 35.2 Å². The molecule has 1 aliphatic carbocycles. The Morgan fingerprint density at radius 1 is 1.16 bits per heavy atom. The molecule has 106 valence electrons. The van der Waals surface area contributed by atoms with Gasteiger partial charge < -0.3 is 10.5 Å². The van der Waals surface area contributed by atoms with Crippen molar-refractivity contribution in [1.82, 2.24) is 0 Å². The fourth-order valence-electron chi connectivity index (χ4n) is 2.81. The largest absolute Gasteiger partial charge is 0.379 e. The molecule has 0 amide bonds. The summed E-state index contributed by atoms with van der Waals surface area (Å²) in [6.07, 6.45) is 6.81. The van der Waals surface area contributed by atoms with E-state index in [1.54, 1.807) is 0 Å². The maximum Gasteiger partial charge on any atom is 0.0659 e. The third-order valence-electron chi connectivity index (χ3n) is 4.33. The van der Waals surface area contributed by atoms with Gasteiger partial charge >= 0.3 is 0 Å². The van der Waals surface area contributed by atoms with E-state index in [0.29, 0.717) is 6.61 Å². The molecule has 1 atom stereocenters. The Kier molecular flexibility index (Phi) is 5.41. The average molecular weight is 261 g/mol. The second-order valence-electron chi connectivity index (χ2n) is 5.99. The van der Waals surface area contributed by atoms with Gasteiger partial charge in [0.1, 0.15) is 0 Å². The third kappa shape index (κ3) is 4.32. The molecule has 1 unspecified atom stereocenters. The molecule has 2 N–H and O–H groups in total. The van der Waals surface area contributed by atoms with Crippen LogP contribution in [0, 0.1) is 19.8 Å². The van der Waals surface area contributed by atoms with Crippen LogP contribution in [0.3, 0.4) is 0 Å². The monoisotopic (exact) mass is 261 g/mol. The number of hydrogen-bond acceptors (Lipinski definition) is 2. The molecule has 2 nitrogen and oxygen atoms in total. The molecule has 0 saturated heterocycles.